The Hall–Kier alpha value is -2.55. The van der Waals surface area contributed by atoms with Crippen molar-refractivity contribution in [2.24, 2.45) is 0 Å². The van der Waals surface area contributed by atoms with Crippen molar-refractivity contribution in [2.75, 3.05) is 14.2 Å². The highest BCUT2D eigenvalue weighted by Crippen LogP contribution is 2.38. The van der Waals surface area contributed by atoms with Crippen LogP contribution >= 0.6 is 0 Å². The summed E-state index contributed by atoms with van der Waals surface area (Å²) in [4.78, 5) is 11.4. The first kappa shape index (κ1) is 22.7. The van der Waals surface area contributed by atoms with Crippen LogP contribution in [0.15, 0.2) is 48.5 Å². The topological polar surface area (TPSA) is 35.5 Å². The van der Waals surface area contributed by atoms with E-state index >= 15 is 0 Å². The van der Waals surface area contributed by atoms with E-state index in [1.807, 2.05) is 12.1 Å². The van der Waals surface area contributed by atoms with Crippen LogP contribution in [0.2, 0.25) is 0 Å². The molecule has 0 bridgehead atoms. The quantitative estimate of drug-likeness (QED) is 0.253. The van der Waals surface area contributed by atoms with Crippen LogP contribution in [0.5, 0.6) is 5.75 Å². The number of carbonyl (C=O) groups is 1. The highest BCUT2D eigenvalue weighted by molar-refractivity contribution is 5.87. The number of carbonyl (C=O) groups excluding carboxylic acids is 1. The molecule has 2 aromatic carbocycles. The molecule has 2 rings (SSSR count). The first-order chi connectivity index (χ1) is 13.9. The van der Waals surface area contributed by atoms with Gasteiger partial charge in [0.25, 0.3) is 0 Å². The maximum atomic E-state index is 11.4. The molecule has 0 saturated heterocycles. The molecule has 0 aliphatic carbocycles. The molecule has 3 heteroatoms. The lowest BCUT2D eigenvalue weighted by Gasteiger charge is -2.28. The maximum absolute atomic E-state index is 11.4. The number of esters is 1. The van der Waals surface area contributed by atoms with Gasteiger partial charge in [-0.2, -0.15) is 0 Å². The van der Waals surface area contributed by atoms with E-state index in [1.165, 1.54) is 44.4 Å². The second kappa shape index (κ2) is 10.8. The fraction of sp³-hybridized carbons (Fsp3) is 0.423. The van der Waals surface area contributed by atoms with Crippen LogP contribution in [0, 0.1) is 0 Å². The van der Waals surface area contributed by atoms with Gasteiger partial charge in [-0.05, 0) is 52.8 Å². The second-order valence-electron chi connectivity index (χ2n) is 8.09. The average molecular weight is 395 g/mol. The van der Waals surface area contributed by atoms with Crippen molar-refractivity contribution in [1.29, 1.82) is 0 Å². The Morgan fingerprint density at radius 3 is 2.45 bits per heavy atom. The minimum Gasteiger partial charge on any atom is -0.496 e. The molecular weight excluding hydrogens is 360 g/mol. The Balaban J connectivity index is 2.32. The fourth-order valence-corrected chi connectivity index (χ4v) is 3.60. The van der Waals surface area contributed by atoms with E-state index in [-0.39, 0.29) is 11.4 Å². The van der Waals surface area contributed by atoms with Crippen LogP contribution in [0.4, 0.5) is 0 Å². The predicted molar refractivity (Wildman–Crippen MR) is 121 cm³/mol. The number of methoxy groups -OCH3 is 2. The number of hydrogen-bond donors (Lipinski definition) is 0. The molecule has 156 valence electrons. The number of unbranched alkanes of at least 4 members (excludes halogenated alkanes) is 3. The smallest absolute Gasteiger partial charge is 0.330 e. The van der Waals surface area contributed by atoms with Gasteiger partial charge >= 0.3 is 5.97 Å². The molecule has 0 fully saturated rings. The third-order valence-electron chi connectivity index (χ3n) is 5.42. The first-order valence-electron chi connectivity index (χ1n) is 10.5. The van der Waals surface area contributed by atoms with Crippen molar-refractivity contribution in [1.82, 2.24) is 0 Å². The largest absolute Gasteiger partial charge is 0.496 e. The second-order valence-corrected chi connectivity index (χ2v) is 8.09. The SMILES string of the molecule is CCCCCCC(C)(C)c1cc(-c2cccc(C=CC(=O)OC)c2)ccc1OC. The fourth-order valence-electron chi connectivity index (χ4n) is 3.60. The zero-order valence-electron chi connectivity index (χ0n) is 18.5. The van der Waals surface area contributed by atoms with Crippen LogP contribution in [-0.2, 0) is 14.9 Å². The number of rotatable bonds is 10. The van der Waals surface area contributed by atoms with Gasteiger partial charge in [-0.15, -0.1) is 0 Å². The van der Waals surface area contributed by atoms with E-state index in [0.29, 0.717) is 0 Å². The zero-order chi connectivity index (χ0) is 21.3. The summed E-state index contributed by atoms with van der Waals surface area (Å²) in [7, 11) is 3.12. The number of benzene rings is 2. The van der Waals surface area contributed by atoms with Gasteiger partial charge in [-0.1, -0.05) is 70.7 Å². The summed E-state index contributed by atoms with van der Waals surface area (Å²) >= 11 is 0. The van der Waals surface area contributed by atoms with E-state index in [9.17, 15) is 4.79 Å². The summed E-state index contributed by atoms with van der Waals surface area (Å²) in [6.07, 6.45) is 9.39. The molecule has 0 unspecified atom stereocenters. The molecule has 0 saturated carbocycles. The Morgan fingerprint density at radius 1 is 1.00 bits per heavy atom. The lowest BCUT2D eigenvalue weighted by atomic mass is 9.78. The standard InChI is InChI=1S/C26H34O3/c1-6-7-8-9-17-26(2,3)23-19-22(14-15-24(23)28-4)21-12-10-11-20(18-21)13-16-25(27)29-5/h10-16,18-19H,6-9,17H2,1-5H3. The summed E-state index contributed by atoms with van der Waals surface area (Å²) in [5.41, 5.74) is 4.50. The number of hydrogen-bond acceptors (Lipinski definition) is 3. The molecule has 2 aromatic rings. The molecule has 0 aliphatic rings. The molecule has 0 radical (unpaired) electrons. The monoisotopic (exact) mass is 394 g/mol. The van der Waals surface area contributed by atoms with Crippen molar-refractivity contribution < 1.29 is 14.3 Å². The van der Waals surface area contributed by atoms with Gasteiger partial charge in [-0.3, -0.25) is 0 Å². The molecule has 0 heterocycles. The highest BCUT2D eigenvalue weighted by atomic mass is 16.5. The van der Waals surface area contributed by atoms with Crippen molar-refractivity contribution in [2.45, 2.75) is 58.3 Å². The summed E-state index contributed by atoms with van der Waals surface area (Å²) < 4.78 is 10.4. The third-order valence-corrected chi connectivity index (χ3v) is 5.42. The van der Waals surface area contributed by atoms with Gasteiger partial charge in [0.1, 0.15) is 5.75 Å². The molecule has 0 atom stereocenters. The zero-order valence-corrected chi connectivity index (χ0v) is 18.5. The van der Waals surface area contributed by atoms with Crippen molar-refractivity contribution in [3.63, 3.8) is 0 Å². The van der Waals surface area contributed by atoms with Gasteiger partial charge in [0, 0.05) is 11.6 Å². The van der Waals surface area contributed by atoms with Gasteiger partial charge in [0.2, 0.25) is 0 Å². The van der Waals surface area contributed by atoms with E-state index in [2.05, 4.69) is 55.8 Å². The summed E-state index contributed by atoms with van der Waals surface area (Å²) in [5.74, 6) is 0.586. The molecule has 0 spiro atoms. The molecule has 29 heavy (non-hydrogen) atoms. The van der Waals surface area contributed by atoms with E-state index in [4.69, 9.17) is 4.74 Å². The van der Waals surface area contributed by atoms with Crippen molar-refractivity contribution >= 4 is 12.0 Å². The van der Waals surface area contributed by atoms with Gasteiger partial charge < -0.3 is 9.47 Å². The molecule has 0 aliphatic heterocycles. The Kier molecular flexibility index (Phi) is 8.50. The minimum atomic E-state index is -0.355. The summed E-state index contributed by atoms with van der Waals surface area (Å²) in [6, 6.07) is 14.6. The van der Waals surface area contributed by atoms with E-state index < -0.39 is 0 Å². The molecular formula is C26H34O3. The molecule has 0 aromatic heterocycles. The molecule has 0 amide bonds. The maximum Gasteiger partial charge on any atom is 0.330 e. The minimum absolute atomic E-state index is 0.0392. The predicted octanol–water partition coefficient (Wildman–Crippen LogP) is 6.80. The highest BCUT2D eigenvalue weighted by Gasteiger charge is 2.24. The Bertz CT molecular complexity index is 834. The van der Waals surface area contributed by atoms with Crippen molar-refractivity contribution in [3.8, 4) is 16.9 Å². The van der Waals surface area contributed by atoms with Gasteiger partial charge in [-0.25, -0.2) is 4.79 Å². The Morgan fingerprint density at radius 2 is 1.76 bits per heavy atom. The lowest BCUT2D eigenvalue weighted by molar-refractivity contribution is -0.134. The van der Waals surface area contributed by atoms with Crippen LogP contribution in [0.3, 0.4) is 0 Å². The van der Waals surface area contributed by atoms with Gasteiger partial charge in [0.15, 0.2) is 0 Å². The number of ether oxygens (including phenoxy) is 2. The normalized spacial score (nSPS) is 11.6. The Labute approximate surface area is 175 Å². The average Bonchev–Trinajstić information content (AvgIpc) is 2.74. The lowest BCUT2D eigenvalue weighted by Crippen LogP contribution is -2.18. The summed E-state index contributed by atoms with van der Waals surface area (Å²) in [5, 5.41) is 0. The first-order valence-corrected chi connectivity index (χ1v) is 10.5. The van der Waals surface area contributed by atoms with E-state index in [1.54, 1.807) is 13.2 Å². The summed E-state index contributed by atoms with van der Waals surface area (Å²) in [6.45, 7) is 6.85. The van der Waals surface area contributed by atoms with Crippen LogP contribution in [0.25, 0.3) is 17.2 Å². The van der Waals surface area contributed by atoms with Crippen LogP contribution < -0.4 is 4.74 Å². The van der Waals surface area contributed by atoms with Crippen LogP contribution in [0.1, 0.15) is 64.0 Å². The molecule has 3 nitrogen and oxygen atoms in total. The molecule has 0 N–H and O–H groups in total. The van der Waals surface area contributed by atoms with Gasteiger partial charge in [0.05, 0.1) is 14.2 Å². The third kappa shape index (κ3) is 6.49. The van der Waals surface area contributed by atoms with Crippen LogP contribution in [-0.4, -0.2) is 20.2 Å². The van der Waals surface area contributed by atoms with E-state index in [0.717, 1.165) is 28.9 Å². The van der Waals surface area contributed by atoms with Crippen molar-refractivity contribution in [3.05, 3.63) is 59.7 Å².